The minimum Gasteiger partial charge on any atom is -0.454 e. The summed E-state index contributed by atoms with van der Waals surface area (Å²) in [5.41, 5.74) is 10.1. The number of hydrogen-bond acceptors (Lipinski definition) is 3. The summed E-state index contributed by atoms with van der Waals surface area (Å²) in [5.74, 6) is 0.611. The maximum Gasteiger partial charge on any atom is 0.235 e. The number of para-hydroxylation sites is 3. The van der Waals surface area contributed by atoms with Gasteiger partial charge in [-0.3, -0.25) is 4.57 Å². The monoisotopic (exact) mass is 674 g/mol. The van der Waals surface area contributed by atoms with Crippen molar-refractivity contribution >= 4 is 104 Å². The van der Waals surface area contributed by atoms with Crippen molar-refractivity contribution in [2.45, 2.75) is 0 Å². The maximum atomic E-state index is 6.92. The summed E-state index contributed by atoms with van der Waals surface area (Å²) in [4.78, 5) is 11.0. The van der Waals surface area contributed by atoms with E-state index in [-0.39, 0.29) is 0 Å². The molecule has 0 saturated carbocycles. The summed E-state index contributed by atoms with van der Waals surface area (Å²) in [5, 5.41) is 12.6. The van der Waals surface area contributed by atoms with Gasteiger partial charge in [0.15, 0.2) is 5.58 Å². The van der Waals surface area contributed by atoms with Gasteiger partial charge in [-0.2, -0.15) is 0 Å². The van der Waals surface area contributed by atoms with E-state index in [1.54, 1.807) is 0 Å². The van der Waals surface area contributed by atoms with Crippen molar-refractivity contribution in [2.75, 3.05) is 0 Å². The molecule has 0 bridgehead atoms. The van der Waals surface area contributed by atoms with Gasteiger partial charge in [0.05, 0.1) is 33.3 Å². The maximum absolute atomic E-state index is 6.92. The second kappa shape index (κ2) is 9.75. The van der Waals surface area contributed by atoms with Crippen LogP contribution in [0.1, 0.15) is 0 Å². The van der Waals surface area contributed by atoms with Gasteiger partial charge in [-0.05, 0) is 41.1 Å². The first-order valence-corrected chi connectivity index (χ1v) is 18.0. The smallest absolute Gasteiger partial charge is 0.235 e. The van der Waals surface area contributed by atoms with Crippen molar-refractivity contribution in [2.24, 2.45) is 0 Å². The zero-order valence-electron chi connectivity index (χ0n) is 28.2. The van der Waals surface area contributed by atoms with Crippen LogP contribution in [0.2, 0.25) is 0 Å². The molecule has 0 saturated heterocycles. The second-order valence-corrected chi connectivity index (χ2v) is 14.1. The fourth-order valence-corrected chi connectivity index (χ4v) is 9.26. The number of fused-ring (bicyclic) bond motifs is 12. The first-order valence-electron chi connectivity index (χ1n) is 18.0. The van der Waals surface area contributed by atoms with Crippen LogP contribution in [0.15, 0.2) is 162 Å². The number of aromatic nitrogens is 4. The zero-order chi connectivity index (χ0) is 34.4. The Kier molecular flexibility index (Phi) is 5.06. The third-order valence-corrected chi connectivity index (χ3v) is 11.4. The van der Waals surface area contributed by atoms with Crippen molar-refractivity contribution in [3.63, 3.8) is 0 Å². The molecule has 0 fully saturated rings. The van der Waals surface area contributed by atoms with Crippen LogP contribution in [0.3, 0.4) is 0 Å². The van der Waals surface area contributed by atoms with E-state index in [0.717, 1.165) is 76.8 Å². The lowest BCUT2D eigenvalue weighted by Crippen LogP contribution is -2.04. The van der Waals surface area contributed by atoms with Crippen molar-refractivity contribution in [3.8, 4) is 17.2 Å². The molecule has 5 aromatic heterocycles. The molecular weight excluding hydrogens is 649 g/mol. The van der Waals surface area contributed by atoms with Gasteiger partial charge >= 0.3 is 0 Å². The number of nitrogens with zero attached hydrogens (tertiary/aromatic N) is 4. The first-order chi connectivity index (χ1) is 26.3. The number of benzene rings is 8. The lowest BCUT2D eigenvalue weighted by molar-refractivity contribution is 0.671. The summed E-state index contributed by atoms with van der Waals surface area (Å²) >= 11 is 0. The van der Waals surface area contributed by atoms with Crippen molar-refractivity contribution in [3.05, 3.63) is 158 Å². The molecule has 8 aromatic carbocycles. The topological polar surface area (TPSA) is 48.3 Å². The number of hydrogen-bond donors (Lipinski definition) is 0. The minimum atomic E-state index is 0.611. The molecule has 13 rings (SSSR count). The predicted molar refractivity (Wildman–Crippen MR) is 219 cm³/mol. The highest BCUT2D eigenvalue weighted by molar-refractivity contribution is 6.35. The average molecular weight is 675 g/mol. The molecule has 0 aliphatic rings. The zero-order valence-corrected chi connectivity index (χ0v) is 28.2. The van der Waals surface area contributed by atoms with E-state index in [1.807, 2.05) is 6.07 Å². The average Bonchev–Trinajstić information content (AvgIpc) is 3.86. The lowest BCUT2D eigenvalue weighted by Gasteiger charge is -2.13. The normalized spacial score (nSPS) is 12.5. The summed E-state index contributed by atoms with van der Waals surface area (Å²) in [6.07, 6.45) is 0. The summed E-state index contributed by atoms with van der Waals surface area (Å²) < 4.78 is 11.7. The molecule has 0 aliphatic heterocycles. The summed E-state index contributed by atoms with van der Waals surface area (Å²) in [7, 11) is 0. The SMILES string of the molecule is c1ccc(-c2nc(-n3c4cccc5c6cccc7c8ccccc8n(c8cc9c%10ccccc%10oc9c3c8c54)c67)nc3c2ccc2ccccc23)cc1. The Labute approximate surface area is 300 Å². The second-order valence-electron chi connectivity index (χ2n) is 14.1. The molecule has 13 aromatic rings. The van der Waals surface area contributed by atoms with Crippen molar-refractivity contribution < 1.29 is 4.42 Å². The van der Waals surface area contributed by atoms with Crippen molar-refractivity contribution in [1.29, 1.82) is 0 Å². The fraction of sp³-hybridized carbons (Fsp3) is 0. The molecule has 0 spiro atoms. The summed E-state index contributed by atoms with van der Waals surface area (Å²) in [6.45, 7) is 0. The van der Waals surface area contributed by atoms with Gasteiger partial charge in [-0.15, -0.1) is 0 Å². The molecule has 0 radical (unpaired) electrons. The van der Waals surface area contributed by atoms with Gasteiger partial charge in [0.1, 0.15) is 11.1 Å². The number of rotatable bonds is 2. The Balaban J connectivity index is 1.34. The molecule has 5 heterocycles. The highest BCUT2D eigenvalue weighted by Crippen LogP contribution is 2.48. The van der Waals surface area contributed by atoms with Crippen LogP contribution in [0.4, 0.5) is 0 Å². The fourth-order valence-electron chi connectivity index (χ4n) is 9.26. The lowest BCUT2D eigenvalue weighted by atomic mass is 10.0. The largest absolute Gasteiger partial charge is 0.454 e. The number of furan rings is 1. The van der Waals surface area contributed by atoms with Crippen LogP contribution < -0.4 is 0 Å². The third-order valence-electron chi connectivity index (χ3n) is 11.4. The first kappa shape index (κ1) is 27.5. The Bertz CT molecular complexity index is 3680. The highest BCUT2D eigenvalue weighted by atomic mass is 16.3. The molecular formula is C48H26N4O. The van der Waals surface area contributed by atoms with Gasteiger partial charge in [-0.25, -0.2) is 9.97 Å². The molecule has 5 nitrogen and oxygen atoms in total. The molecule has 5 heteroatoms. The highest BCUT2D eigenvalue weighted by Gasteiger charge is 2.27. The Hall–Kier alpha value is -7.24. The molecule has 0 atom stereocenters. The molecule has 0 unspecified atom stereocenters. The van der Waals surface area contributed by atoms with Gasteiger partial charge < -0.3 is 8.82 Å². The van der Waals surface area contributed by atoms with E-state index in [4.69, 9.17) is 14.4 Å². The van der Waals surface area contributed by atoms with E-state index in [9.17, 15) is 0 Å². The van der Waals surface area contributed by atoms with Crippen LogP contribution in [-0.2, 0) is 0 Å². The van der Waals surface area contributed by atoms with E-state index in [2.05, 4.69) is 161 Å². The Morgan fingerprint density at radius 3 is 2.04 bits per heavy atom. The van der Waals surface area contributed by atoms with Gasteiger partial charge in [0, 0.05) is 54.0 Å². The third kappa shape index (κ3) is 3.42. The van der Waals surface area contributed by atoms with E-state index in [0.29, 0.717) is 5.95 Å². The molecule has 53 heavy (non-hydrogen) atoms. The quantitative estimate of drug-likeness (QED) is 0.172. The van der Waals surface area contributed by atoms with Crippen molar-refractivity contribution in [1.82, 2.24) is 18.9 Å². The van der Waals surface area contributed by atoms with E-state index < -0.39 is 0 Å². The van der Waals surface area contributed by atoms with Crippen LogP contribution in [0.5, 0.6) is 0 Å². The van der Waals surface area contributed by atoms with Gasteiger partial charge in [0.2, 0.25) is 5.95 Å². The molecule has 244 valence electrons. The molecule has 0 amide bonds. The summed E-state index contributed by atoms with van der Waals surface area (Å²) in [6, 6.07) is 56.2. The van der Waals surface area contributed by atoms with Crippen LogP contribution >= 0.6 is 0 Å². The van der Waals surface area contributed by atoms with Crippen LogP contribution in [-0.4, -0.2) is 18.9 Å². The van der Waals surface area contributed by atoms with Crippen LogP contribution in [0, 0.1) is 0 Å². The molecule has 0 aliphatic carbocycles. The Morgan fingerprint density at radius 1 is 0.434 bits per heavy atom. The Morgan fingerprint density at radius 2 is 1.13 bits per heavy atom. The van der Waals surface area contributed by atoms with Gasteiger partial charge in [0.25, 0.3) is 0 Å². The van der Waals surface area contributed by atoms with E-state index >= 15 is 0 Å². The molecule has 0 N–H and O–H groups in total. The standard InChI is InChI=1S/C48H26N4O/c1-2-13-28(14-3-1)43-35-25-24-27-12-4-5-15-29(27)44(35)50-48(49-43)52-38-22-11-18-32-34-20-10-19-33-30-16-6-8-21-37(30)51(45(33)34)39-26-36-31-17-7-9-23-40(31)53-47(36)46(52)42(39)41(32)38/h1-26H. The minimum absolute atomic E-state index is 0.611. The van der Waals surface area contributed by atoms with Crippen LogP contribution in [0.25, 0.3) is 121 Å². The van der Waals surface area contributed by atoms with Gasteiger partial charge in [-0.1, -0.05) is 127 Å². The predicted octanol–water partition coefficient (Wildman–Crippen LogP) is 12.6. The van der Waals surface area contributed by atoms with E-state index in [1.165, 1.54) is 38.0 Å².